The predicted molar refractivity (Wildman–Crippen MR) is 107 cm³/mol. The SMILES string of the molecule is CCCCCCCCC(C[Se][C@@H]1/C(=N/O)[C@]2(C)CC[C@H]1C2(C)C)OC. The molecule has 2 rings (SSSR count). The molecule has 0 amide bonds. The van der Waals surface area contributed by atoms with Crippen molar-refractivity contribution in [3.8, 4) is 0 Å². The van der Waals surface area contributed by atoms with Gasteiger partial charge in [-0.05, 0) is 0 Å². The van der Waals surface area contributed by atoms with Gasteiger partial charge >= 0.3 is 161 Å². The molecule has 0 radical (unpaired) electrons. The molecule has 0 heterocycles. The van der Waals surface area contributed by atoms with Gasteiger partial charge in [-0.15, -0.1) is 0 Å². The Morgan fingerprint density at radius 3 is 2.52 bits per heavy atom. The van der Waals surface area contributed by atoms with E-state index in [1.807, 2.05) is 7.11 Å². The molecule has 1 N–H and O–H groups in total. The molecule has 146 valence electrons. The number of oxime groups is 1. The molecule has 3 nitrogen and oxygen atoms in total. The first-order valence-electron chi connectivity index (χ1n) is 10.3. The summed E-state index contributed by atoms with van der Waals surface area (Å²) in [4.78, 5) is 0.508. The minimum absolute atomic E-state index is 0.0979. The number of fused-ring (bicyclic) bond motifs is 2. The van der Waals surface area contributed by atoms with E-state index in [1.54, 1.807) is 0 Å². The van der Waals surface area contributed by atoms with Crippen LogP contribution >= 0.6 is 0 Å². The van der Waals surface area contributed by atoms with Crippen LogP contribution < -0.4 is 0 Å². The average molecular weight is 417 g/mol. The van der Waals surface area contributed by atoms with Crippen molar-refractivity contribution in [3.05, 3.63) is 0 Å². The van der Waals surface area contributed by atoms with E-state index < -0.39 is 0 Å². The number of unbranched alkanes of at least 4 members (excludes halogenated alkanes) is 5. The summed E-state index contributed by atoms with van der Waals surface area (Å²) >= 11 is 0.463. The van der Waals surface area contributed by atoms with Gasteiger partial charge < -0.3 is 0 Å². The molecule has 1 unspecified atom stereocenters. The van der Waals surface area contributed by atoms with Gasteiger partial charge in [-0.2, -0.15) is 0 Å². The Labute approximate surface area is 161 Å². The summed E-state index contributed by atoms with van der Waals surface area (Å²) < 4.78 is 5.78. The number of methoxy groups -OCH3 is 1. The second-order valence-corrected chi connectivity index (χ2v) is 11.3. The van der Waals surface area contributed by atoms with Crippen LogP contribution in [0.2, 0.25) is 10.1 Å². The molecule has 0 aromatic heterocycles. The van der Waals surface area contributed by atoms with Crippen molar-refractivity contribution in [2.24, 2.45) is 21.9 Å². The zero-order valence-corrected chi connectivity index (χ0v) is 18.7. The Balaban J connectivity index is 1.81. The van der Waals surface area contributed by atoms with Gasteiger partial charge in [-0.3, -0.25) is 0 Å². The fourth-order valence-corrected chi connectivity index (χ4v) is 9.01. The molecule has 4 heteroatoms. The van der Waals surface area contributed by atoms with Crippen LogP contribution in [0.15, 0.2) is 5.16 Å². The van der Waals surface area contributed by atoms with Crippen LogP contribution in [-0.4, -0.2) is 39.1 Å². The Morgan fingerprint density at radius 2 is 1.88 bits per heavy atom. The standard InChI is InChI=1S/C21H39NO2Se/c1-6-7-8-9-10-11-12-16(24-5)15-25-18-17-13-14-21(4,19(18)22-23)20(17,2)3/h16-18,23H,6-15H2,1-5H3/b22-19-/t16?,17-,18+,21+/m1/s1. The number of ether oxygens (including phenoxy) is 1. The van der Waals surface area contributed by atoms with E-state index in [0.717, 1.165) is 11.0 Å². The molecule has 0 aliphatic heterocycles. The van der Waals surface area contributed by atoms with E-state index in [0.29, 0.717) is 31.8 Å². The molecule has 2 aliphatic carbocycles. The molecule has 2 bridgehead atoms. The summed E-state index contributed by atoms with van der Waals surface area (Å²) in [7, 11) is 1.87. The van der Waals surface area contributed by atoms with E-state index in [4.69, 9.17) is 4.74 Å². The van der Waals surface area contributed by atoms with Crippen molar-refractivity contribution < 1.29 is 9.94 Å². The van der Waals surface area contributed by atoms with Gasteiger partial charge in [-0.1, -0.05) is 0 Å². The van der Waals surface area contributed by atoms with Crippen LogP contribution in [0.5, 0.6) is 0 Å². The third-order valence-corrected chi connectivity index (χ3v) is 10.4. The van der Waals surface area contributed by atoms with E-state index in [1.165, 1.54) is 57.8 Å². The molecule has 2 saturated carbocycles. The Hall–Kier alpha value is -0.0505. The Morgan fingerprint density at radius 1 is 1.20 bits per heavy atom. The number of hydrogen-bond acceptors (Lipinski definition) is 3. The fraction of sp³-hybridized carbons (Fsp3) is 0.952. The van der Waals surface area contributed by atoms with Crippen molar-refractivity contribution in [2.75, 3.05) is 7.11 Å². The molecule has 2 aliphatic rings. The Kier molecular flexibility index (Phi) is 7.85. The molecular formula is C21H39NO2Se. The molecule has 25 heavy (non-hydrogen) atoms. The van der Waals surface area contributed by atoms with Crippen LogP contribution in [0.3, 0.4) is 0 Å². The summed E-state index contributed by atoms with van der Waals surface area (Å²) in [6, 6.07) is 0. The zero-order valence-electron chi connectivity index (χ0n) is 17.0. The maximum absolute atomic E-state index is 9.69. The summed E-state index contributed by atoms with van der Waals surface area (Å²) in [5.74, 6) is 0.690. The molecule has 2 fully saturated rings. The summed E-state index contributed by atoms with van der Waals surface area (Å²) in [5, 5.41) is 14.7. The fourth-order valence-electron chi connectivity index (χ4n) is 5.02. The normalized spacial score (nSPS) is 33.2. The molecular weight excluding hydrogens is 377 g/mol. The quantitative estimate of drug-likeness (QED) is 0.196. The van der Waals surface area contributed by atoms with E-state index in [9.17, 15) is 5.21 Å². The average Bonchev–Trinajstić information content (AvgIpc) is 2.91. The first-order valence-corrected chi connectivity index (χ1v) is 12.5. The van der Waals surface area contributed by atoms with Crippen LogP contribution in [0, 0.1) is 16.7 Å². The molecule has 0 saturated heterocycles. The zero-order chi connectivity index (χ0) is 18.5. The van der Waals surface area contributed by atoms with Crippen molar-refractivity contribution in [2.45, 2.75) is 102 Å². The van der Waals surface area contributed by atoms with Crippen LogP contribution in [0.25, 0.3) is 0 Å². The topological polar surface area (TPSA) is 41.8 Å². The number of rotatable bonds is 11. The van der Waals surface area contributed by atoms with E-state index in [2.05, 4.69) is 32.9 Å². The van der Waals surface area contributed by atoms with Crippen molar-refractivity contribution in [1.29, 1.82) is 0 Å². The molecule has 0 aromatic rings. The van der Waals surface area contributed by atoms with Gasteiger partial charge in [0, 0.05) is 0 Å². The maximum atomic E-state index is 9.69. The second-order valence-electron chi connectivity index (χ2n) is 8.85. The molecule has 4 atom stereocenters. The van der Waals surface area contributed by atoms with Gasteiger partial charge in [0.1, 0.15) is 0 Å². The first-order chi connectivity index (χ1) is 11.9. The van der Waals surface area contributed by atoms with Crippen LogP contribution in [0.1, 0.15) is 85.5 Å². The molecule has 0 spiro atoms. The van der Waals surface area contributed by atoms with Crippen molar-refractivity contribution in [1.82, 2.24) is 0 Å². The first kappa shape index (κ1) is 21.3. The van der Waals surface area contributed by atoms with Crippen molar-refractivity contribution in [3.63, 3.8) is 0 Å². The van der Waals surface area contributed by atoms with E-state index >= 15 is 0 Å². The van der Waals surface area contributed by atoms with Gasteiger partial charge in [-0.25, -0.2) is 0 Å². The van der Waals surface area contributed by atoms with E-state index in [-0.39, 0.29) is 10.8 Å². The second kappa shape index (κ2) is 9.24. The monoisotopic (exact) mass is 417 g/mol. The van der Waals surface area contributed by atoms with Gasteiger partial charge in [0.25, 0.3) is 0 Å². The third-order valence-electron chi connectivity index (χ3n) is 7.29. The number of hydrogen-bond donors (Lipinski definition) is 1. The third kappa shape index (κ3) is 4.28. The summed E-state index contributed by atoms with van der Waals surface area (Å²) in [5.41, 5.74) is 1.46. The molecule has 0 aromatic carbocycles. The van der Waals surface area contributed by atoms with Crippen LogP contribution in [-0.2, 0) is 4.74 Å². The van der Waals surface area contributed by atoms with Crippen LogP contribution in [0.4, 0.5) is 0 Å². The van der Waals surface area contributed by atoms with Crippen molar-refractivity contribution >= 4 is 20.7 Å². The van der Waals surface area contributed by atoms with Gasteiger partial charge in [0.05, 0.1) is 0 Å². The van der Waals surface area contributed by atoms with Gasteiger partial charge in [0.2, 0.25) is 0 Å². The minimum atomic E-state index is 0.0979. The van der Waals surface area contributed by atoms with Gasteiger partial charge in [0.15, 0.2) is 0 Å². The number of nitrogens with zero attached hydrogens (tertiary/aromatic N) is 1. The summed E-state index contributed by atoms with van der Waals surface area (Å²) in [6.07, 6.45) is 12.1. The Bertz CT molecular complexity index is 451. The summed E-state index contributed by atoms with van der Waals surface area (Å²) in [6.45, 7) is 9.36. The predicted octanol–water partition coefficient (Wildman–Crippen LogP) is 5.95.